The van der Waals surface area contributed by atoms with E-state index in [1.165, 1.54) is 7.11 Å². The van der Waals surface area contributed by atoms with Crippen molar-refractivity contribution in [3.63, 3.8) is 0 Å². The van der Waals surface area contributed by atoms with Gasteiger partial charge in [0.15, 0.2) is 11.5 Å². The SMILES string of the molecule is COCCN1C(=O)C[C@@H](NNC(=O)c2ccc3c(c2)OCO3)C1=O. The fourth-order valence-electron chi connectivity index (χ4n) is 2.48. The highest BCUT2D eigenvalue weighted by atomic mass is 16.7. The van der Waals surface area contributed by atoms with Crippen LogP contribution in [0.3, 0.4) is 0 Å². The zero-order valence-corrected chi connectivity index (χ0v) is 13.0. The number of nitrogens with one attached hydrogen (secondary N) is 2. The van der Waals surface area contributed by atoms with Gasteiger partial charge in [-0.2, -0.15) is 0 Å². The Hall–Kier alpha value is -2.65. The van der Waals surface area contributed by atoms with E-state index in [9.17, 15) is 14.4 Å². The molecule has 2 N–H and O–H groups in total. The number of amides is 3. The summed E-state index contributed by atoms with van der Waals surface area (Å²) in [6, 6.07) is 3.98. The Kier molecular flexibility index (Phi) is 4.63. The van der Waals surface area contributed by atoms with Crippen molar-refractivity contribution in [2.45, 2.75) is 12.5 Å². The van der Waals surface area contributed by atoms with Gasteiger partial charge in [-0.25, -0.2) is 5.43 Å². The van der Waals surface area contributed by atoms with E-state index in [-0.39, 0.29) is 38.2 Å². The first-order valence-electron chi connectivity index (χ1n) is 7.39. The Morgan fingerprint density at radius 2 is 2.12 bits per heavy atom. The fraction of sp³-hybridized carbons (Fsp3) is 0.400. The molecule has 0 radical (unpaired) electrons. The van der Waals surface area contributed by atoms with Crippen molar-refractivity contribution < 1.29 is 28.6 Å². The molecule has 0 spiro atoms. The van der Waals surface area contributed by atoms with Gasteiger partial charge >= 0.3 is 0 Å². The molecule has 9 nitrogen and oxygen atoms in total. The lowest BCUT2D eigenvalue weighted by molar-refractivity contribution is -0.139. The van der Waals surface area contributed by atoms with Crippen molar-refractivity contribution in [3.05, 3.63) is 23.8 Å². The molecule has 2 aliphatic heterocycles. The average molecular weight is 335 g/mol. The molecule has 1 saturated heterocycles. The number of imide groups is 1. The van der Waals surface area contributed by atoms with Crippen LogP contribution >= 0.6 is 0 Å². The van der Waals surface area contributed by atoms with E-state index < -0.39 is 11.9 Å². The highest BCUT2D eigenvalue weighted by Gasteiger charge is 2.38. The maximum atomic E-state index is 12.1. The largest absolute Gasteiger partial charge is 0.454 e. The van der Waals surface area contributed by atoms with Crippen molar-refractivity contribution in [1.82, 2.24) is 15.8 Å². The smallest absolute Gasteiger partial charge is 0.265 e. The van der Waals surface area contributed by atoms with E-state index in [1.54, 1.807) is 18.2 Å². The summed E-state index contributed by atoms with van der Waals surface area (Å²) in [5, 5.41) is 0. The second-order valence-electron chi connectivity index (χ2n) is 5.30. The highest BCUT2D eigenvalue weighted by Crippen LogP contribution is 2.32. The summed E-state index contributed by atoms with van der Waals surface area (Å²) in [7, 11) is 1.49. The molecule has 0 aliphatic carbocycles. The van der Waals surface area contributed by atoms with Gasteiger partial charge in [0.25, 0.3) is 5.91 Å². The summed E-state index contributed by atoms with van der Waals surface area (Å²) >= 11 is 0. The topological polar surface area (TPSA) is 106 Å². The minimum absolute atomic E-state index is 0.00995. The summed E-state index contributed by atoms with van der Waals surface area (Å²) < 4.78 is 15.3. The fourth-order valence-corrected chi connectivity index (χ4v) is 2.48. The minimum Gasteiger partial charge on any atom is -0.454 e. The second kappa shape index (κ2) is 6.85. The predicted octanol–water partition coefficient (Wildman–Crippen LogP) is -0.576. The molecule has 0 unspecified atom stereocenters. The number of rotatable bonds is 6. The lowest BCUT2D eigenvalue weighted by Crippen LogP contribution is -2.48. The molecule has 3 amide bonds. The molecule has 1 fully saturated rings. The van der Waals surface area contributed by atoms with Gasteiger partial charge in [0, 0.05) is 12.7 Å². The van der Waals surface area contributed by atoms with Gasteiger partial charge < -0.3 is 14.2 Å². The molecule has 24 heavy (non-hydrogen) atoms. The van der Waals surface area contributed by atoms with Crippen LogP contribution in [0.2, 0.25) is 0 Å². The maximum absolute atomic E-state index is 12.1. The molecular weight excluding hydrogens is 318 g/mol. The summed E-state index contributed by atoms with van der Waals surface area (Å²) in [6.45, 7) is 0.588. The lowest BCUT2D eigenvalue weighted by Gasteiger charge is -2.15. The highest BCUT2D eigenvalue weighted by molar-refractivity contribution is 6.05. The normalized spacial score (nSPS) is 19.0. The van der Waals surface area contributed by atoms with Crippen molar-refractivity contribution in [2.24, 2.45) is 0 Å². The van der Waals surface area contributed by atoms with Gasteiger partial charge in [-0.1, -0.05) is 0 Å². The number of hydrogen-bond donors (Lipinski definition) is 2. The van der Waals surface area contributed by atoms with E-state index in [1.807, 2.05) is 0 Å². The third-order valence-corrected chi connectivity index (χ3v) is 3.76. The van der Waals surface area contributed by atoms with Crippen molar-refractivity contribution in [3.8, 4) is 11.5 Å². The van der Waals surface area contributed by atoms with Crippen LogP contribution in [0.4, 0.5) is 0 Å². The second-order valence-corrected chi connectivity index (χ2v) is 5.30. The first-order chi connectivity index (χ1) is 11.6. The van der Waals surface area contributed by atoms with Gasteiger partial charge in [0.05, 0.1) is 19.6 Å². The number of likely N-dealkylation sites (tertiary alicyclic amines) is 1. The number of methoxy groups -OCH3 is 1. The van der Waals surface area contributed by atoms with Crippen LogP contribution < -0.4 is 20.3 Å². The minimum atomic E-state index is -0.785. The van der Waals surface area contributed by atoms with Gasteiger partial charge in [0.1, 0.15) is 6.04 Å². The monoisotopic (exact) mass is 335 g/mol. The van der Waals surface area contributed by atoms with Crippen molar-refractivity contribution >= 4 is 17.7 Å². The van der Waals surface area contributed by atoms with Crippen LogP contribution in [-0.2, 0) is 14.3 Å². The number of ether oxygens (including phenoxy) is 3. The van der Waals surface area contributed by atoms with Crippen LogP contribution in [0.25, 0.3) is 0 Å². The Morgan fingerprint density at radius 1 is 1.33 bits per heavy atom. The van der Waals surface area contributed by atoms with E-state index in [2.05, 4.69) is 10.9 Å². The summed E-state index contributed by atoms with van der Waals surface area (Å²) in [5.74, 6) is -0.0656. The molecule has 128 valence electrons. The molecule has 1 atom stereocenters. The number of fused-ring (bicyclic) bond motifs is 1. The zero-order chi connectivity index (χ0) is 17.1. The van der Waals surface area contributed by atoms with Crippen LogP contribution in [0.1, 0.15) is 16.8 Å². The molecule has 9 heteroatoms. The number of hydrazine groups is 1. The van der Waals surface area contributed by atoms with E-state index >= 15 is 0 Å². The quantitative estimate of drug-likeness (QED) is 0.529. The predicted molar refractivity (Wildman–Crippen MR) is 80.2 cm³/mol. The van der Waals surface area contributed by atoms with Gasteiger partial charge in [-0.15, -0.1) is 0 Å². The molecule has 0 aromatic heterocycles. The van der Waals surface area contributed by atoms with Crippen molar-refractivity contribution in [2.75, 3.05) is 27.1 Å². The molecule has 1 aromatic carbocycles. The Bertz CT molecular complexity index is 677. The van der Waals surface area contributed by atoms with Gasteiger partial charge in [-0.3, -0.25) is 24.7 Å². The van der Waals surface area contributed by atoms with Gasteiger partial charge in [0.2, 0.25) is 18.6 Å². The molecule has 0 bridgehead atoms. The zero-order valence-electron chi connectivity index (χ0n) is 13.0. The molecule has 3 rings (SSSR count). The van der Waals surface area contributed by atoms with E-state index in [4.69, 9.17) is 14.2 Å². The maximum Gasteiger partial charge on any atom is 0.265 e. The van der Waals surface area contributed by atoms with E-state index in [0.717, 1.165) is 4.90 Å². The van der Waals surface area contributed by atoms with Crippen LogP contribution in [0.5, 0.6) is 11.5 Å². The number of carbonyl (C=O) groups is 3. The van der Waals surface area contributed by atoms with Gasteiger partial charge in [-0.05, 0) is 18.2 Å². The summed E-state index contributed by atoms with van der Waals surface area (Å²) in [4.78, 5) is 37.2. The molecule has 0 saturated carbocycles. The number of hydrogen-bond acceptors (Lipinski definition) is 7. The third kappa shape index (κ3) is 3.17. The standard InChI is InChI=1S/C15H17N3O6/c1-22-5-4-18-13(19)7-10(15(18)21)16-17-14(20)9-2-3-11-12(6-9)24-8-23-11/h2-3,6,10,16H,4-5,7-8H2,1H3,(H,17,20)/t10-/m1/s1. The van der Waals surface area contributed by atoms with Crippen LogP contribution in [0.15, 0.2) is 18.2 Å². The molecule has 2 aliphatic rings. The summed E-state index contributed by atoms with van der Waals surface area (Å²) in [6.07, 6.45) is -0.00995. The number of carbonyl (C=O) groups excluding carboxylic acids is 3. The molecular formula is C15H17N3O6. The Morgan fingerprint density at radius 3 is 2.92 bits per heavy atom. The lowest BCUT2D eigenvalue weighted by atomic mass is 10.2. The average Bonchev–Trinajstić information content (AvgIpc) is 3.15. The van der Waals surface area contributed by atoms with Crippen molar-refractivity contribution in [1.29, 1.82) is 0 Å². The Balaban J connectivity index is 1.57. The third-order valence-electron chi connectivity index (χ3n) is 3.76. The number of benzene rings is 1. The van der Waals surface area contributed by atoms with Crippen LogP contribution in [0, 0.1) is 0 Å². The molecule has 1 aromatic rings. The number of nitrogens with zero attached hydrogens (tertiary/aromatic N) is 1. The first-order valence-corrected chi connectivity index (χ1v) is 7.39. The van der Waals surface area contributed by atoms with E-state index in [0.29, 0.717) is 17.1 Å². The first kappa shape index (κ1) is 16.2. The summed E-state index contributed by atoms with van der Waals surface area (Å²) in [5.41, 5.74) is 5.40. The van der Waals surface area contributed by atoms with Crippen LogP contribution in [-0.4, -0.2) is 55.7 Å². The molecule has 2 heterocycles. The Labute approximate surface area is 137 Å².